The zero-order valence-electron chi connectivity index (χ0n) is 15.2. The number of sulfonamides is 1. The third-order valence-electron chi connectivity index (χ3n) is 5.31. The molecule has 3 rings (SSSR count). The third kappa shape index (κ3) is 3.36. The Bertz CT molecular complexity index is 881. The first-order valence-electron chi connectivity index (χ1n) is 8.49. The highest BCUT2D eigenvalue weighted by Gasteiger charge is 2.36. The molecule has 25 heavy (non-hydrogen) atoms. The summed E-state index contributed by atoms with van der Waals surface area (Å²) in [5.74, 6) is 0. The van der Waals surface area contributed by atoms with Crippen molar-refractivity contribution in [2.45, 2.75) is 51.0 Å². The zero-order valence-corrected chi connectivity index (χ0v) is 16.0. The number of benzene rings is 2. The quantitative estimate of drug-likeness (QED) is 0.882. The molecule has 2 aromatic carbocycles. The molecule has 0 aromatic heterocycles. The first-order chi connectivity index (χ1) is 11.6. The Morgan fingerprint density at radius 3 is 1.96 bits per heavy atom. The molecule has 5 heteroatoms. The minimum Gasteiger partial charge on any atom is -0.388 e. The van der Waals surface area contributed by atoms with Gasteiger partial charge in [-0.1, -0.05) is 30.3 Å². The Morgan fingerprint density at radius 1 is 1.00 bits per heavy atom. The van der Waals surface area contributed by atoms with Gasteiger partial charge in [-0.15, -0.1) is 0 Å². The minimum absolute atomic E-state index is 0.00980. The van der Waals surface area contributed by atoms with E-state index in [0.29, 0.717) is 17.7 Å². The van der Waals surface area contributed by atoms with Gasteiger partial charge in [0.25, 0.3) is 0 Å². The van der Waals surface area contributed by atoms with Gasteiger partial charge in [-0.3, -0.25) is 0 Å². The molecule has 0 atom stereocenters. The Kier molecular flexibility index (Phi) is 4.52. The van der Waals surface area contributed by atoms with Gasteiger partial charge in [0.15, 0.2) is 0 Å². The summed E-state index contributed by atoms with van der Waals surface area (Å²) in [7, 11) is -3.69. The third-order valence-corrected chi connectivity index (χ3v) is 6.99. The molecule has 0 spiro atoms. The number of hydrogen-bond donors (Lipinski definition) is 2. The summed E-state index contributed by atoms with van der Waals surface area (Å²) in [5, 5.41) is 10.8. The van der Waals surface area contributed by atoms with Gasteiger partial charge in [0.05, 0.1) is 10.5 Å². The van der Waals surface area contributed by atoms with Crippen molar-refractivity contribution in [1.29, 1.82) is 0 Å². The monoisotopic (exact) mass is 359 g/mol. The number of nitrogens with one attached hydrogen (secondary N) is 1. The van der Waals surface area contributed by atoms with E-state index in [4.69, 9.17) is 0 Å². The maximum absolute atomic E-state index is 12.9. The van der Waals surface area contributed by atoms with Crippen LogP contribution in [0, 0.1) is 27.7 Å². The zero-order chi connectivity index (χ0) is 18.4. The van der Waals surface area contributed by atoms with Crippen LogP contribution in [0.2, 0.25) is 0 Å². The van der Waals surface area contributed by atoms with Crippen LogP contribution in [0.15, 0.2) is 35.2 Å². The van der Waals surface area contributed by atoms with Crippen LogP contribution in [-0.4, -0.2) is 25.7 Å². The predicted molar refractivity (Wildman–Crippen MR) is 99.4 cm³/mol. The Labute approximate surface area is 150 Å². The molecule has 2 N–H and O–H groups in total. The van der Waals surface area contributed by atoms with E-state index in [1.807, 2.05) is 58.0 Å². The number of aryl methyl sites for hydroxylation is 2. The van der Waals surface area contributed by atoms with Crippen molar-refractivity contribution in [3.8, 4) is 0 Å². The highest BCUT2D eigenvalue weighted by molar-refractivity contribution is 7.89. The SMILES string of the molecule is Cc1cc(C)c(C)c(S(=O)(=O)NCC2(O)Cc3ccccc3C2)c1C. The average molecular weight is 359 g/mol. The number of aliphatic hydroxyl groups is 1. The van der Waals surface area contributed by atoms with Crippen LogP contribution in [-0.2, 0) is 22.9 Å². The van der Waals surface area contributed by atoms with Gasteiger partial charge in [-0.05, 0) is 61.1 Å². The fourth-order valence-electron chi connectivity index (χ4n) is 3.68. The van der Waals surface area contributed by atoms with Crippen molar-refractivity contribution in [3.63, 3.8) is 0 Å². The van der Waals surface area contributed by atoms with Crippen molar-refractivity contribution in [3.05, 3.63) is 63.7 Å². The molecule has 0 heterocycles. The van der Waals surface area contributed by atoms with Gasteiger partial charge in [0.1, 0.15) is 0 Å². The molecule has 0 unspecified atom stereocenters. The molecule has 0 saturated heterocycles. The first kappa shape index (κ1) is 18.1. The maximum atomic E-state index is 12.9. The van der Waals surface area contributed by atoms with Crippen molar-refractivity contribution in [2.24, 2.45) is 0 Å². The lowest BCUT2D eigenvalue weighted by Crippen LogP contribution is -2.43. The number of hydrogen-bond acceptors (Lipinski definition) is 3. The van der Waals surface area contributed by atoms with Gasteiger partial charge in [0.2, 0.25) is 10.0 Å². The molecule has 4 nitrogen and oxygen atoms in total. The predicted octanol–water partition coefficient (Wildman–Crippen LogP) is 2.73. The summed E-state index contributed by atoms with van der Waals surface area (Å²) in [5.41, 5.74) is 4.53. The summed E-state index contributed by atoms with van der Waals surface area (Å²) in [6.07, 6.45) is 0.938. The van der Waals surface area contributed by atoms with E-state index in [0.717, 1.165) is 33.4 Å². The largest absolute Gasteiger partial charge is 0.388 e. The van der Waals surface area contributed by atoms with Crippen LogP contribution < -0.4 is 4.72 Å². The van der Waals surface area contributed by atoms with E-state index in [9.17, 15) is 13.5 Å². The second-order valence-electron chi connectivity index (χ2n) is 7.26. The summed E-state index contributed by atoms with van der Waals surface area (Å²) in [6, 6.07) is 9.86. The highest BCUT2D eigenvalue weighted by atomic mass is 32.2. The minimum atomic E-state index is -3.69. The molecule has 1 aliphatic rings. The second kappa shape index (κ2) is 6.24. The van der Waals surface area contributed by atoms with Crippen molar-refractivity contribution >= 4 is 10.0 Å². The Balaban J connectivity index is 1.85. The molecule has 1 aliphatic carbocycles. The summed E-state index contributed by atoms with van der Waals surface area (Å²) in [6.45, 7) is 7.51. The van der Waals surface area contributed by atoms with E-state index >= 15 is 0 Å². The molecule has 0 saturated carbocycles. The molecule has 0 aliphatic heterocycles. The lowest BCUT2D eigenvalue weighted by molar-refractivity contribution is 0.0567. The van der Waals surface area contributed by atoms with Crippen LogP contribution in [0.25, 0.3) is 0 Å². The van der Waals surface area contributed by atoms with E-state index in [1.54, 1.807) is 0 Å². The van der Waals surface area contributed by atoms with Crippen molar-refractivity contribution in [1.82, 2.24) is 4.72 Å². The van der Waals surface area contributed by atoms with E-state index < -0.39 is 15.6 Å². The maximum Gasteiger partial charge on any atom is 0.241 e. The Hall–Kier alpha value is -1.69. The highest BCUT2D eigenvalue weighted by Crippen LogP contribution is 2.31. The lowest BCUT2D eigenvalue weighted by atomic mass is 10.0. The average Bonchev–Trinajstić information content (AvgIpc) is 2.88. The molecule has 0 amide bonds. The smallest absolute Gasteiger partial charge is 0.241 e. The first-order valence-corrected chi connectivity index (χ1v) is 9.97. The molecule has 0 fully saturated rings. The van der Waals surface area contributed by atoms with E-state index in [-0.39, 0.29) is 6.54 Å². The molecule has 134 valence electrons. The lowest BCUT2D eigenvalue weighted by Gasteiger charge is -2.24. The number of fused-ring (bicyclic) bond motifs is 1. The topological polar surface area (TPSA) is 66.4 Å². The fraction of sp³-hybridized carbons (Fsp3) is 0.400. The van der Waals surface area contributed by atoms with Crippen molar-refractivity contribution in [2.75, 3.05) is 6.54 Å². The van der Waals surface area contributed by atoms with E-state index in [2.05, 4.69) is 4.72 Å². The summed E-state index contributed by atoms with van der Waals surface area (Å²) < 4.78 is 28.5. The summed E-state index contributed by atoms with van der Waals surface area (Å²) in [4.78, 5) is 0.337. The molecular formula is C20H25NO3S. The van der Waals surface area contributed by atoms with E-state index in [1.165, 1.54) is 0 Å². The summed E-state index contributed by atoms with van der Waals surface area (Å²) >= 11 is 0. The van der Waals surface area contributed by atoms with Crippen molar-refractivity contribution < 1.29 is 13.5 Å². The van der Waals surface area contributed by atoms with Crippen LogP contribution in [0.3, 0.4) is 0 Å². The van der Waals surface area contributed by atoms with Gasteiger partial charge in [-0.25, -0.2) is 13.1 Å². The Morgan fingerprint density at radius 2 is 1.48 bits per heavy atom. The van der Waals surface area contributed by atoms with Crippen LogP contribution >= 0.6 is 0 Å². The van der Waals surface area contributed by atoms with Crippen LogP contribution in [0.4, 0.5) is 0 Å². The fourth-order valence-corrected chi connectivity index (χ4v) is 5.42. The van der Waals surface area contributed by atoms with Crippen LogP contribution in [0.5, 0.6) is 0 Å². The number of rotatable bonds is 4. The second-order valence-corrected chi connectivity index (χ2v) is 8.96. The van der Waals surface area contributed by atoms with Gasteiger partial charge in [0, 0.05) is 19.4 Å². The van der Waals surface area contributed by atoms with Gasteiger partial charge < -0.3 is 5.11 Å². The van der Waals surface area contributed by atoms with Gasteiger partial charge >= 0.3 is 0 Å². The molecule has 0 bridgehead atoms. The van der Waals surface area contributed by atoms with Gasteiger partial charge in [-0.2, -0.15) is 0 Å². The van der Waals surface area contributed by atoms with Crippen LogP contribution in [0.1, 0.15) is 33.4 Å². The standard InChI is InChI=1S/C20H25NO3S/c1-13-9-14(2)16(4)19(15(13)3)25(23,24)21-12-20(22)10-17-7-5-6-8-18(17)11-20/h5-9,21-22H,10-12H2,1-4H3. The molecule has 2 aromatic rings. The normalized spacial score (nSPS) is 16.0. The molecular weight excluding hydrogens is 334 g/mol. The molecule has 0 radical (unpaired) electrons.